The van der Waals surface area contributed by atoms with Crippen LogP contribution in [0.5, 0.6) is 0 Å². The number of hydrogen-bond donors (Lipinski definition) is 5. The maximum absolute atomic E-state index is 8.56. The summed E-state index contributed by atoms with van der Waals surface area (Å²) in [5.41, 5.74) is 2.64. The van der Waals surface area contributed by atoms with Crippen molar-refractivity contribution in [3.05, 3.63) is 71.8 Å². The van der Waals surface area contributed by atoms with Crippen molar-refractivity contribution < 1.29 is 30.0 Å². The minimum absolute atomic E-state index is 0. The molecule has 23 heavy (non-hydrogen) atoms. The Balaban J connectivity index is -0.000000238. The summed E-state index contributed by atoms with van der Waals surface area (Å²) in [5, 5.41) is 27.9. The Labute approximate surface area is 135 Å². The van der Waals surface area contributed by atoms with Crippen LogP contribution in [0.1, 0.15) is 11.1 Å². The van der Waals surface area contributed by atoms with E-state index in [4.69, 9.17) is 30.0 Å². The van der Waals surface area contributed by atoms with Crippen molar-refractivity contribution in [3.8, 4) is 0 Å². The molecule has 0 bridgehead atoms. The molecule has 0 saturated heterocycles. The number of carboxylic acid groups (broad SMARTS) is 4. The number of rotatable bonds is 0. The molecule has 128 valence electrons. The quantitative estimate of drug-likeness (QED) is 0.475. The molecule has 7 N–H and O–H groups in total. The summed E-state index contributed by atoms with van der Waals surface area (Å²) in [5.74, 6) is 0. The van der Waals surface area contributed by atoms with E-state index in [0.717, 1.165) is 0 Å². The van der Waals surface area contributed by atoms with Crippen molar-refractivity contribution in [1.82, 2.24) is 6.15 Å². The molecule has 2 aromatic carbocycles. The fourth-order valence-corrected chi connectivity index (χ4v) is 1.07. The van der Waals surface area contributed by atoms with Crippen molar-refractivity contribution in [1.29, 1.82) is 0 Å². The van der Waals surface area contributed by atoms with E-state index in [1.807, 2.05) is 36.4 Å². The Morgan fingerprint density at radius 1 is 0.609 bits per heavy atom. The summed E-state index contributed by atoms with van der Waals surface area (Å²) in [6.07, 6.45) is -3.67. The van der Waals surface area contributed by atoms with E-state index in [9.17, 15) is 0 Å². The van der Waals surface area contributed by atoms with Gasteiger partial charge in [-0.15, -0.1) is 0 Å². The van der Waals surface area contributed by atoms with Gasteiger partial charge < -0.3 is 26.6 Å². The van der Waals surface area contributed by atoms with E-state index in [1.54, 1.807) is 0 Å². The zero-order chi connectivity index (χ0) is 17.4. The third kappa shape index (κ3) is 32.5. The average molecular weight is 325 g/mol. The Morgan fingerprint density at radius 3 is 0.870 bits per heavy atom. The van der Waals surface area contributed by atoms with Gasteiger partial charge >= 0.3 is 12.3 Å². The van der Waals surface area contributed by atoms with E-state index >= 15 is 0 Å². The van der Waals surface area contributed by atoms with Crippen molar-refractivity contribution in [2.45, 2.75) is 13.8 Å². The smallest absolute Gasteiger partial charge is 0.450 e. The molecular weight excluding hydrogens is 302 g/mol. The van der Waals surface area contributed by atoms with E-state index in [0.29, 0.717) is 0 Å². The van der Waals surface area contributed by atoms with Crippen molar-refractivity contribution >= 4 is 12.3 Å². The Bertz CT molecular complexity index is 459. The lowest BCUT2D eigenvalue weighted by atomic mass is 10.2. The number of hydrogen-bond acceptors (Lipinski definition) is 3. The SMILES string of the molecule is Cc1ccccc1.Cc1ccccc1.N.O=C(O)O.O=C(O)O. The summed E-state index contributed by atoms with van der Waals surface area (Å²) >= 11 is 0. The second-order valence-electron chi connectivity index (χ2n) is 3.87. The Kier molecular flexibility index (Phi) is 18.4. The largest absolute Gasteiger partial charge is 0.503 e. The van der Waals surface area contributed by atoms with Crippen LogP contribution in [0.25, 0.3) is 0 Å². The average Bonchev–Trinajstić information content (AvgIpc) is 2.40. The van der Waals surface area contributed by atoms with Crippen LogP contribution in [0, 0.1) is 13.8 Å². The maximum Gasteiger partial charge on any atom is 0.503 e. The van der Waals surface area contributed by atoms with E-state index in [2.05, 4.69) is 38.1 Å². The van der Waals surface area contributed by atoms with E-state index in [1.165, 1.54) is 11.1 Å². The van der Waals surface area contributed by atoms with Gasteiger partial charge in [-0.25, -0.2) is 9.59 Å². The normalized spacial score (nSPS) is 7.39. The molecule has 2 rings (SSSR count). The van der Waals surface area contributed by atoms with Gasteiger partial charge in [0.05, 0.1) is 0 Å². The van der Waals surface area contributed by atoms with Crippen molar-refractivity contribution in [3.63, 3.8) is 0 Å². The monoisotopic (exact) mass is 325 g/mol. The highest BCUT2D eigenvalue weighted by atomic mass is 16.6. The van der Waals surface area contributed by atoms with Gasteiger partial charge in [0.2, 0.25) is 0 Å². The van der Waals surface area contributed by atoms with Gasteiger partial charge in [0, 0.05) is 0 Å². The van der Waals surface area contributed by atoms with Crippen LogP contribution in [0.2, 0.25) is 0 Å². The minimum atomic E-state index is -1.83. The summed E-state index contributed by atoms with van der Waals surface area (Å²) < 4.78 is 0. The van der Waals surface area contributed by atoms with Gasteiger partial charge in [-0.05, 0) is 13.8 Å². The molecule has 0 saturated carbocycles. The van der Waals surface area contributed by atoms with Gasteiger partial charge in [-0.2, -0.15) is 0 Å². The molecule has 7 heteroatoms. The Morgan fingerprint density at radius 2 is 0.783 bits per heavy atom. The third-order valence-corrected chi connectivity index (χ3v) is 1.88. The molecule has 0 unspecified atom stereocenters. The maximum atomic E-state index is 8.56. The van der Waals surface area contributed by atoms with Gasteiger partial charge in [0.15, 0.2) is 0 Å². The molecule has 0 amide bonds. The van der Waals surface area contributed by atoms with Gasteiger partial charge in [0.25, 0.3) is 0 Å². The highest BCUT2D eigenvalue weighted by Gasteiger charge is 1.73. The lowest BCUT2D eigenvalue weighted by molar-refractivity contribution is 0.135. The molecule has 0 aromatic heterocycles. The zero-order valence-electron chi connectivity index (χ0n) is 13.1. The van der Waals surface area contributed by atoms with Gasteiger partial charge in [0.1, 0.15) is 0 Å². The lowest BCUT2D eigenvalue weighted by Gasteiger charge is -1.82. The molecule has 0 spiro atoms. The number of benzene rings is 2. The molecule has 2 aromatic rings. The first-order chi connectivity index (χ1) is 10.3. The summed E-state index contributed by atoms with van der Waals surface area (Å²) in [7, 11) is 0. The lowest BCUT2D eigenvalue weighted by Crippen LogP contribution is -1.81. The number of carbonyl (C=O) groups is 2. The van der Waals surface area contributed by atoms with Crippen LogP contribution in [0.3, 0.4) is 0 Å². The van der Waals surface area contributed by atoms with Crippen molar-refractivity contribution in [2.75, 3.05) is 0 Å². The van der Waals surface area contributed by atoms with Gasteiger partial charge in [-0.1, -0.05) is 71.8 Å². The predicted octanol–water partition coefficient (Wildman–Crippen LogP) is 4.60. The number of aryl methyl sites for hydroxylation is 2. The minimum Gasteiger partial charge on any atom is -0.450 e. The van der Waals surface area contributed by atoms with Crippen LogP contribution < -0.4 is 6.15 Å². The first kappa shape index (κ1) is 24.9. The fraction of sp³-hybridized carbons (Fsp3) is 0.125. The molecule has 0 fully saturated rings. The second kappa shape index (κ2) is 17.0. The first-order valence-electron chi connectivity index (χ1n) is 6.12. The molecule has 0 aliphatic carbocycles. The predicted molar refractivity (Wildman–Crippen MR) is 88.7 cm³/mol. The van der Waals surface area contributed by atoms with Crippen LogP contribution in [-0.4, -0.2) is 32.7 Å². The highest BCUT2D eigenvalue weighted by molar-refractivity contribution is 5.53. The third-order valence-electron chi connectivity index (χ3n) is 1.88. The summed E-state index contributed by atoms with van der Waals surface area (Å²) in [6, 6.07) is 20.5. The first-order valence-corrected chi connectivity index (χ1v) is 6.12. The topological polar surface area (TPSA) is 150 Å². The van der Waals surface area contributed by atoms with Crippen LogP contribution in [0.15, 0.2) is 60.7 Å². The van der Waals surface area contributed by atoms with Crippen molar-refractivity contribution in [2.24, 2.45) is 0 Å². The standard InChI is InChI=1S/2C7H8.2CH2O3.H3N/c2*1-7-5-3-2-4-6-7;2*2-1(3)4;/h2*2-6H,1H3;2*(H2,2,3,4);1H3. The zero-order valence-corrected chi connectivity index (χ0v) is 13.1. The molecule has 0 aliphatic heterocycles. The Hall–Kier alpha value is -3.06. The molecule has 0 atom stereocenters. The summed E-state index contributed by atoms with van der Waals surface area (Å²) in [4.78, 5) is 17.1. The van der Waals surface area contributed by atoms with E-state index < -0.39 is 12.3 Å². The second-order valence-corrected chi connectivity index (χ2v) is 3.87. The summed E-state index contributed by atoms with van der Waals surface area (Å²) in [6.45, 7) is 4.17. The highest BCUT2D eigenvalue weighted by Crippen LogP contribution is 1.92. The van der Waals surface area contributed by atoms with Crippen LogP contribution in [0.4, 0.5) is 9.59 Å². The molecule has 0 heterocycles. The van der Waals surface area contributed by atoms with Gasteiger partial charge in [-0.3, -0.25) is 0 Å². The van der Waals surface area contributed by atoms with Crippen LogP contribution in [-0.2, 0) is 0 Å². The van der Waals surface area contributed by atoms with Crippen LogP contribution >= 0.6 is 0 Å². The molecular formula is C16H23NO6. The fourth-order valence-electron chi connectivity index (χ4n) is 1.07. The van der Waals surface area contributed by atoms with E-state index in [-0.39, 0.29) is 6.15 Å². The molecule has 0 aliphatic rings. The molecule has 7 nitrogen and oxygen atoms in total. The molecule has 0 radical (unpaired) electrons.